The minimum atomic E-state index is 0.925. The summed E-state index contributed by atoms with van der Waals surface area (Å²) >= 11 is 0. The van der Waals surface area contributed by atoms with Crippen LogP contribution in [-0.2, 0) is 0 Å². The van der Waals surface area contributed by atoms with Crippen molar-refractivity contribution in [3.8, 4) is 0 Å². The quantitative estimate of drug-likeness (QED) is 0.473. The van der Waals surface area contributed by atoms with Crippen LogP contribution in [0.3, 0.4) is 0 Å². The highest BCUT2D eigenvalue weighted by atomic mass is 14.2. The van der Waals surface area contributed by atoms with E-state index in [1.165, 1.54) is 70.6 Å². The lowest BCUT2D eigenvalue weighted by Gasteiger charge is -2.20. The van der Waals surface area contributed by atoms with Crippen LogP contribution in [0, 0.1) is 18.8 Å². The highest BCUT2D eigenvalue weighted by Crippen LogP contribution is 2.26. The number of rotatable bonds is 8. The molecule has 1 unspecified atom stereocenters. The molecule has 0 amide bonds. The third-order valence-electron chi connectivity index (χ3n) is 3.52. The fraction of sp³-hybridized carbons (Fsp3) is 0.867. The predicted octanol–water partition coefficient (Wildman–Crippen LogP) is 5.34. The predicted molar refractivity (Wildman–Crippen MR) is 68.6 cm³/mol. The molecule has 2 radical (unpaired) electrons. The Labute approximate surface area is 96.8 Å². The second-order valence-corrected chi connectivity index (χ2v) is 5.01. The lowest BCUT2D eigenvalue weighted by Crippen LogP contribution is -2.07. The van der Waals surface area contributed by atoms with E-state index < -0.39 is 0 Å². The van der Waals surface area contributed by atoms with Gasteiger partial charge in [0, 0.05) is 0 Å². The van der Waals surface area contributed by atoms with E-state index in [-0.39, 0.29) is 0 Å². The van der Waals surface area contributed by atoms with Crippen molar-refractivity contribution in [3.05, 3.63) is 12.8 Å². The van der Waals surface area contributed by atoms with Gasteiger partial charge in [0.05, 0.1) is 0 Å². The zero-order valence-corrected chi connectivity index (χ0v) is 10.5. The van der Waals surface area contributed by atoms with Crippen LogP contribution in [0.2, 0.25) is 0 Å². The van der Waals surface area contributed by atoms with Crippen LogP contribution >= 0.6 is 0 Å². The number of hydrogen-bond donors (Lipinski definition) is 0. The third-order valence-corrected chi connectivity index (χ3v) is 3.52. The molecule has 15 heavy (non-hydrogen) atoms. The second kappa shape index (κ2) is 9.24. The van der Waals surface area contributed by atoms with Crippen LogP contribution in [0.15, 0.2) is 0 Å². The van der Waals surface area contributed by atoms with Crippen molar-refractivity contribution >= 4 is 0 Å². The molecule has 0 spiro atoms. The van der Waals surface area contributed by atoms with Crippen LogP contribution in [-0.4, -0.2) is 0 Å². The zero-order valence-electron chi connectivity index (χ0n) is 10.5. The van der Waals surface area contributed by atoms with Crippen molar-refractivity contribution in [2.45, 2.75) is 77.6 Å². The number of hydrogen-bond acceptors (Lipinski definition) is 0. The standard InChI is InChI=1S/C15H28/c1-2-3-4-5-6-7-9-12-15-13-10-8-11-14-15/h10,14-15H,2-9,11-13H2,1H3. The van der Waals surface area contributed by atoms with E-state index >= 15 is 0 Å². The van der Waals surface area contributed by atoms with Crippen molar-refractivity contribution in [1.82, 2.24) is 0 Å². The Morgan fingerprint density at radius 3 is 2.33 bits per heavy atom. The van der Waals surface area contributed by atoms with E-state index in [0.29, 0.717) is 0 Å². The van der Waals surface area contributed by atoms with Gasteiger partial charge in [0.25, 0.3) is 0 Å². The summed E-state index contributed by atoms with van der Waals surface area (Å²) < 4.78 is 0. The van der Waals surface area contributed by atoms with Crippen LogP contribution in [0.4, 0.5) is 0 Å². The molecule has 0 N–H and O–H groups in total. The monoisotopic (exact) mass is 208 g/mol. The SMILES string of the molecule is CCCCCCCCCC1[CH]CC[CH]C1. The molecule has 1 saturated carbocycles. The van der Waals surface area contributed by atoms with E-state index in [1.807, 2.05) is 0 Å². The van der Waals surface area contributed by atoms with E-state index in [2.05, 4.69) is 19.8 Å². The Hall–Kier alpha value is 0. The van der Waals surface area contributed by atoms with Gasteiger partial charge in [-0.1, -0.05) is 58.3 Å². The molecule has 1 rings (SSSR count). The van der Waals surface area contributed by atoms with E-state index in [4.69, 9.17) is 0 Å². The average molecular weight is 208 g/mol. The fourth-order valence-corrected chi connectivity index (χ4v) is 2.48. The van der Waals surface area contributed by atoms with E-state index in [9.17, 15) is 0 Å². The van der Waals surface area contributed by atoms with Crippen molar-refractivity contribution in [3.63, 3.8) is 0 Å². The minimum absolute atomic E-state index is 0.925. The van der Waals surface area contributed by atoms with Gasteiger partial charge in [-0.25, -0.2) is 0 Å². The lowest BCUT2D eigenvalue weighted by molar-refractivity contribution is 0.450. The van der Waals surface area contributed by atoms with Gasteiger partial charge >= 0.3 is 0 Å². The van der Waals surface area contributed by atoms with Gasteiger partial charge in [0.1, 0.15) is 0 Å². The first kappa shape index (κ1) is 13.1. The number of unbranched alkanes of at least 4 members (excludes halogenated alkanes) is 6. The topological polar surface area (TPSA) is 0 Å². The maximum absolute atomic E-state index is 2.55. The van der Waals surface area contributed by atoms with Gasteiger partial charge in [-0.2, -0.15) is 0 Å². The Balaban J connectivity index is 1.79. The molecule has 0 saturated heterocycles. The Kier molecular flexibility index (Phi) is 8.05. The van der Waals surface area contributed by atoms with Crippen LogP contribution in [0.5, 0.6) is 0 Å². The molecule has 0 aliphatic heterocycles. The summed E-state index contributed by atoms with van der Waals surface area (Å²) in [6.45, 7) is 2.29. The highest BCUT2D eigenvalue weighted by molar-refractivity contribution is 4.88. The molecule has 0 bridgehead atoms. The summed E-state index contributed by atoms with van der Waals surface area (Å²) in [5, 5.41) is 0. The van der Waals surface area contributed by atoms with Crippen LogP contribution < -0.4 is 0 Å². The zero-order chi connectivity index (χ0) is 10.8. The maximum Gasteiger partial charge on any atom is -0.0355 e. The summed E-state index contributed by atoms with van der Waals surface area (Å²) in [6.07, 6.45) is 20.6. The van der Waals surface area contributed by atoms with Crippen molar-refractivity contribution < 1.29 is 0 Å². The summed E-state index contributed by atoms with van der Waals surface area (Å²) in [5.74, 6) is 0.925. The normalized spacial score (nSPS) is 18.2. The average Bonchev–Trinajstić information content (AvgIpc) is 2.29. The molecular weight excluding hydrogens is 180 g/mol. The van der Waals surface area contributed by atoms with Crippen molar-refractivity contribution in [2.75, 3.05) is 0 Å². The third kappa shape index (κ3) is 6.98. The molecule has 1 fully saturated rings. The summed E-state index contributed by atoms with van der Waals surface area (Å²) in [6, 6.07) is 0. The van der Waals surface area contributed by atoms with Gasteiger partial charge in [-0.3, -0.25) is 0 Å². The highest BCUT2D eigenvalue weighted by Gasteiger charge is 2.12. The minimum Gasteiger partial charge on any atom is -0.0654 e. The van der Waals surface area contributed by atoms with E-state index in [1.54, 1.807) is 0 Å². The van der Waals surface area contributed by atoms with Crippen molar-refractivity contribution in [2.24, 2.45) is 5.92 Å². The molecule has 88 valence electrons. The van der Waals surface area contributed by atoms with Gasteiger partial charge in [-0.05, 0) is 38.0 Å². The smallest absolute Gasteiger partial charge is 0.0355 e. The van der Waals surface area contributed by atoms with E-state index in [0.717, 1.165) is 5.92 Å². The molecule has 1 atom stereocenters. The van der Waals surface area contributed by atoms with Crippen molar-refractivity contribution in [1.29, 1.82) is 0 Å². The summed E-state index contributed by atoms with van der Waals surface area (Å²) in [4.78, 5) is 0. The summed E-state index contributed by atoms with van der Waals surface area (Å²) in [7, 11) is 0. The molecule has 0 nitrogen and oxygen atoms in total. The van der Waals surface area contributed by atoms with Gasteiger partial charge in [0.15, 0.2) is 0 Å². The lowest BCUT2D eigenvalue weighted by atomic mass is 9.85. The first-order valence-corrected chi connectivity index (χ1v) is 7.08. The van der Waals surface area contributed by atoms with Gasteiger partial charge in [-0.15, -0.1) is 0 Å². The second-order valence-electron chi connectivity index (χ2n) is 5.01. The van der Waals surface area contributed by atoms with Crippen LogP contribution in [0.1, 0.15) is 77.6 Å². The Bertz CT molecular complexity index is 122. The first-order valence-electron chi connectivity index (χ1n) is 7.08. The van der Waals surface area contributed by atoms with Gasteiger partial charge < -0.3 is 0 Å². The molecule has 0 heterocycles. The van der Waals surface area contributed by atoms with Crippen LogP contribution in [0.25, 0.3) is 0 Å². The molecular formula is C15H28. The van der Waals surface area contributed by atoms with Gasteiger partial charge in [0.2, 0.25) is 0 Å². The first-order chi connectivity index (χ1) is 7.43. The fourth-order valence-electron chi connectivity index (χ4n) is 2.48. The molecule has 1 aliphatic rings. The molecule has 0 aromatic heterocycles. The Morgan fingerprint density at radius 1 is 0.933 bits per heavy atom. The maximum atomic E-state index is 2.55. The molecule has 0 aromatic rings. The molecule has 1 aliphatic carbocycles. The molecule has 0 heteroatoms. The molecule has 0 aromatic carbocycles. The summed E-state index contributed by atoms with van der Waals surface area (Å²) in [5.41, 5.74) is 0. The largest absolute Gasteiger partial charge is 0.0654 e. The Morgan fingerprint density at radius 2 is 1.67 bits per heavy atom.